The van der Waals surface area contributed by atoms with Gasteiger partial charge in [-0.15, -0.1) is 0 Å². The molecule has 10 heteroatoms. The fourth-order valence-electron chi connectivity index (χ4n) is 1.67. The normalized spacial score (nSPS) is 19.7. The van der Waals surface area contributed by atoms with Crippen LogP contribution in [0.2, 0.25) is 0 Å². The van der Waals surface area contributed by atoms with Crippen LogP contribution in [0.3, 0.4) is 0 Å². The maximum absolute atomic E-state index is 11.2. The first-order valence-corrected chi connectivity index (χ1v) is 7.06. The van der Waals surface area contributed by atoms with Gasteiger partial charge in [0.15, 0.2) is 15.5 Å². The van der Waals surface area contributed by atoms with Gasteiger partial charge in [0.2, 0.25) is 5.82 Å². The zero-order valence-electron chi connectivity index (χ0n) is 9.88. The average Bonchev–Trinajstić information content (AvgIpc) is 2.68. The molecule has 0 radical (unpaired) electrons. The van der Waals surface area contributed by atoms with E-state index >= 15 is 0 Å². The number of anilines is 1. The van der Waals surface area contributed by atoms with Gasteiger partial charge >= 0.3 is 11.7 Å². The molecular weight excluding hydrogens is 290 g/mol. The molecule has 1 atom stereocenters. The lowest BCUT2D eigenvalue weighted by Crippen LogP contribution is -2.22. The summed E-state index contributed by atoms with van der Waals surface area (Å²) < 4.78 is 22.5. The quantitative estimate of drug-likeness (QED) is 0.601. The first-order chi connectivity index (χ1) is 9.28. The molecule has 2 heterocycles. The molecule has 0 fully saturated rings. The average molecular weight is 299 g/mol. The third kappa shape index (κ3) is 2.91. The Hall–Kier alpha value is -2.49. The summed E-state index contributed by atoms with van der Waals surface area (Å²) >= 11 is 0. The number of sulfone groups is 1. The van der Waals surface area contributed by atoms with Crippen molar-refractivity contribution in [2.45, 2.75) is 6.04 Å². The van der Waals surface area contributed by atoms with E-state index in [1.165, 1.54) is 6.08 Å². The minimum absolute atomic E-state index is 0.261. The Morgan fingerprint density at radius 3 is 2.70 bits per heavy atom. The number of pyridine rings is 1. The van der Waals surface area contributed by atoms with E-state index in [4.69, 9.17) is 5.11 Å². The Morgan fingerprint density at radius 2 is 2.20 bits per heavy atom. The second kappa shape index (κ2) is 4.89. The van der Waals surface area contributed by atoms with Crippen molar-refractivity contribution >= 4 is 27.3 Å². The fraction of sp³-hybridized carbons (Fsp3) is 0.200. The predicted octanol–water partition coefficient (Wildman–Crippen LogP) is 0.411. The molecule has 20 heavy (non-hydrogen) atoms. The number of carboxylic acids is 1. The van der Waals surface area contributed by atoms with Gasteiger partial charge in [-0.3, -0.25) is 10.1 Å². The van der Waals surface area contributed by atoms with Crippen LogP contribution in [0.25, 0.3) is 0 Å². The molecule has 0 saturated heterocycles. The van der Waals surface area contributed by atoms with E-state index in [2.05, 4.69) is 10.3 Å². The Bertz CT molecular complexity index is 712. The third-order valence-electron chi connectivity index (χ3n) is 2.54. The molecule has 0 bridgehead atoms. The number of aromatic nitrogens is 1. The van der Waals surface area contributed by atoms with Crippen molar-refractivity contribution in [1.29, 1.82) is 0 Å². The number of hydrogen-bond acceptors (Lipinski definition) is 7. The maximum Gasteiger partial charge on any atom is 0.354 e. The van der Waals surface area contributed by atoms with Gasteiger partial charge in [-0.25, -0.2) is 18.2 Å². The number of carboxylic acid groups (broad SMARTS) is 1. The molecule has 0 spiro atoms. The van der Waals surface area contributed by atoms with E-state index < -0.39 is 32.5 Å². The smallest absolute Gasteiger partial charge is 0.354 e. The van der Waals surface area contributed by atoms with Crippen LogP contribution in [-0.4, -0.2) is 41.2 Å². The monoisotopic (exact) mass is 299 g/mol. The van der Waals surface area contributed by atoms with Gasteiger partial charge in [0.25, 0.3) is 0 Å². The molecule has 1 aromatic rings. The molecule has 2 rings (SSSR count). The third-order valence-corrected chi connectivity index (χ3v) is 3.94. The zero-order valence-corrected chi connectivity index (χ0v) is 10.7. The van der Waals surface area contributed by atoms with Crippen molar-refractivity contribution in [2.24, 2.45) is 0 Å². The summed E-state index contributed by atoms with van der Waals surface area (Å²) in [6, 6.07) is 1.33. The van der Waals surface area contributed by atoms with E-state index in [-0.39, 0.29) is 17.3 Å². The van der Waals surface area contributed by atoms with Crippen LogP contribution in [0, 0.1) is 10.1 Å². The number of nitrogens with zero attached hydrogens (tertiary/aromatic N) is 2. The second-order valence-corrected chi connectivity index (χ2v) is 5.97. The summed E-state index contributed by atoms with van der Waals surface area (Å²) in [6.45, 7) is 0. The maximum atomic E-state index is 11.2. The van der Waals surface area contributed by atoms with Crippen molar-refractivity contribution in [3.8, 4) is 0 Å². The molecule has 2 N–H and O–H groups in total. The van der Waals surface area contributed by atoms with Crippen LogP contribution in [0.15, 0.2) is 23.6 Å². The number of nitrogens with one attached hydrogen (secondary N) is 1. The Kier molecular flexibility index (Phi) is 3.40. The molecular formula is C10H9N3O6S. The lowest BCUT2D eigenvalue weighted by molar-refractivity contribution is -0.384. The SMILES string of the molecule is O=C(O)c1ccc([N+](=O)[O-])c(NC2C=CS(=O)(=O)C2)n1. The predicted molar refractivity (Wildman–Crippen MR) is 68.2 cm³/mol. The first kappa shape index (κ1) is 13.9. The zero-order chi connectivity index (χ0) is 14.9. The van der Waals surface area contributed by atoms with Crippen molar-refractivity contribution in [1.82, 2.24) is 4.98 Å². The number of nitro groups is 1. The van der Waals surface area contributed by atoms with Gasteiger partial charge in [-0.05, 0) is 12.1 Å². The van der Waals surface area contributed by atoms with Crippen LogP contribution in [-0.2, 0) is 9.84 Å². The number of rotatable bonds is 4. The topological polar surface area (TPSA) is 140 Å². The van der Waals surface area contributed by atoms with Gasteiger partial charge in [-0.1, -0.05) is 0 Å². The molecule has 9 nitrogen and oxygen atoms in total. The molecule has 106 valence electrons. The van der Waals surface area contributed by atoms with E-state index in [1.54, 1.807) is 0 Å². The van der Waals surface area contributed by atoms with Gasteiger partial charge in [0.05, 0.1) is 16.7 Å². The van der Waals surface area contributed by atoms with E-state index in [0.717, 1.165) is 17.5 Å². The highest BCUT2D eigenvalue weighted by Gasteiger charge is 2.25. The van der Waals surface area contributed by atoms with E-state index in [9.17, 15) is 23.3 Å². The minimum atomic E-state index is -3.33. The number of aromatic carboxylic acids is 1. The summed E-state index contributed by atoms with van der Waals surface area (Å²) in [7, 11) is -3.33. The second-order valence-electron chi connectivity index (χ2n) is 4.04. The lowest BCUT2D eigenvalue weighted by Gasteiger charge is -2.11. The standard InChI is InChI=1S/C10H9N3O6S/c14-10(15)7-1-2-8(13(16)17)9(12-7)11-6-3-4-20(18,19)5-6/h1-4,6H,5H2,(H,11,12)(H,14,15). The molecule has 0 aliphatic carbocycles. The minimum Gasteiger partial charge on any atom is -0.477 e. The Balaban J connectivity index is 2.34. The van der Waals surface area contributed by atoms with Crippen molar-refractivity contribution in [3.05, 3.63) is 39.4 Å². The lowest BCUT2D eigenvalue weighted by atomic mass is 10.3. The van der Waals surface area contributed by atoms with E-state index in [0.29, 0.717) is 0 Å². The highest BCUT2D eigenvalue weighted by molar-refractivity contribution is 7.94. The summed E-state index contributed by atoms with van der Waals surface area (Å²) in [5, 5.41) is 23.2. The van der Waals surface area contributed by atoms with Crippen LogP contribution in [0.1, 0.15) is 10.5 Å². The number of hydrogen-bond donors (Lipinski definition) is 2. The fourth-order valence-corrected chi connectivity index (χ4v) is 2.90. The van der Waals surface area contributed by atoms with Crippen LogP contribution >= 0.6 is 0 Å². The summed E-state index contributed by atoms with van der Waals surface area (Å²) in [4.78, 5) is 24.5. The van der Waals surface area contributed by atoms with Gasteiger partial charge in [0, 0.05) is 11.5 Å². The molecule has 1 unspecified atom stereocenters. The highest BCUT2D eigenvalue weighted by Crippen LogP contribution is 2.24. The Morgan fingerprint density at radius 1 is 1.50 bits per heavy atom. The largest absolute Gasteiger partial charge is 0.477 e. The van der Waals surface area contributed by atoms with Crippen LogP contribution < -0.4 is 5.32 Å². The summed E-state index contributed by atoms with van der Waals surface area (Å²) in [6.07, 6.45) is 1.33. The number of carbonyl (C=O) groups is 1. The van der Waals surface area contributed by atoms with Crippen LogP contribution in [0.4, 0.5) is 11.5 Å². The van der Waals surface area contributed by atoms with Crippen molar-refractivity contribution in [2.75, 3.05) is 11.1 Å². The van der Waals surface area contributed by atoms with Gasteiger partial charge < -0.3 is 10.4 Å². The molecule has 0 saturated carbocycles. The highest BCUT2D eigenvalue weighted by atomic mass is 32.2. The first-order valence-electron chi connectivity index (χ1n) is 5.35. The molecule has 1 aromatic heterocycles. The molecule has 0 amide bonds. The van der Waals surface area contributed by atoms with Crippen molar-refractivity contribution in [3.63, 3.8) is 0 Å². The van der Waals surface area contributed by atoms with Gasteiger partial charge in [0.1, 0.15) is 0 Å². The van der Waals surface area contributed by atoms with Gasteiger partial charge in [-0.2, -0.15) is 0 Å². The summed E-state index contributed by atoms with van der Waals surface area (Å²) in [5.74, 6) is -1.87. The molecule has 1 aliphatic rings. The van der Waals surface area contributed by atoms with E-state index in [1.807, 2.05) is 0 Å². The summed E-state index contributed by atoms with van der Waals surface area (Å²) in [5.41, 5.74) is -0.796. The Labute approximate surface area is 113 Å². The molecule has 0 aromatic carbocycles. The van der Waals surface area contributed by atoms with Crippen LogP contribution in [0.5, 0.6) is 0 Å². The molecule has 1 aliphatic heterocycles. The van der Waals surface area contributed by atoms with Crippen molar-refractivity contribution < 1.29 is 23.2 Å².